The summed E-state index contributed by atoms with van der Waals surface area (Å²) in [5.74, 6) is 1.48. The van der Waals surface area contributed by atoms with Crippen LogP contribution in [0.1, 0.15) is 23.7 Å². The van der Waals surface area contributed by atoms with Crippen LogP contribution in [0.4, 0.5) is 10.2 Å². The highest BCUT2D eigenvalue weighted by Crippen LogP contribution is 2.26. The first-order valence-electron chi connectivity index (χ1n) is 8.53. The summed E-state index contributed by atoms with van der Waals surface area (Å²) in [6, 6.07) is 11.0. The van der Waals surface area contributed by atoms with Crippen LogP contribution in [0.2, 0.25) is 0 Å². The predicted octanol–water partition coefficient (Wildman–Crippen LogP) is 3.80. The highest BCUT2D eigenvalue weighted by Gasteiger charge is 2.19. The van der Waals surface area contributed by atoms with Gasteiger partial charge in [0.15, 0.2) is 5.82 Å². The minimum atomic E-state index is -0.164. The Hall–Kier alpha value is -2.82. The third kappa shape index (κ3) is 3.22. The maximum Gasteiger partial charge on any atom is 0.161 e. The molecule has 0 radical (unpaired) electrons. The van der Waals surface area contributed by atoms with Gasteiger partial charge in [-0.2, -0.15) is 0 Å². The summed E-state index contributed by atoms with van der Waals surface area (Å²) in [5, 5.41) is 0. The standard InChI is InChI=1S/C20H19FN4/c1-2-18-12-19(24-20(23-18)14-5-8-22-9-6-14)25-10-7-15-11-17(21)4-3-16(15)13-25/h3-6,8-9,11-12H,2,7,10,13H2,1H3. The lowest BCUT2D eigenvalue weighted by atomic mass is 9.99. The van der Waals surface area contributed by atoms with Gasteiger partial charge in [-0.05, 0) is 48.2 Å². The van der Waals surface area contributed by atoms with Crippen LogP contribution in [-0.4, -0.2) is 21.5 Å². The first-order valence-corrected chi connectivity index (χ1v) is 8.53. The molecule has 0 fully saturated rings. The van der Waals surface area contributed by atoms with Gasteiger partial charge in [-0.25, -0.2) is 14.4 Å². The van der Waals surface area contributed by atoms with E-state index in [2.05, 4.69) is 27.9 Å². The number of rotatable bonds is 3. The Morgan fingerprint density at radius 2 is 1.88 bits per heavy atom. The normalized spacial score (nSPS) is 13.6. The number of hydrogen-bond acceptors (Lipinski definition) is 4. The van der Waals surface area contributed by atoms with Crippen LogP contribution in [-0.2, 0) is 19.4 Å². The van der Waals surface area contributed by atoms with Gasteiger partial charge in [0.25, 0.3) is 0 Å². The van der Waals surface area contributed by atoms with E-state index in [0.29, 0.717) is 0 Å². The molecule has 1 aromatic carbocycles. The van der Waals surface area contributed by atoms with Gasteiger partial charge in [0.2, 0.25) is 0 Å². The Balaban J connectivity index is 1.70. The van der Waals surface area contributed by atoms with Gasteiger partial charge in [-0.3, -0.25) is 4.98 Å². The Morgan fingerprint density at radius 1 is 1.04 bits per heavy atom. The molecule has 126 valence electrons. The van der Waals surface area contributed by atoms with Gasteiger partial charge in [0.1, 0.15) is 11.6 Å². The lowest BCUT2D eigenvalue weighted by molar-refractivity contribution is 0.618. The van der Waals surface area contributed by atoms with Crippen LogP contribution < -0.4 is 4.90 Å². The summed E-state index contributed by atoms with van der Waals surface area (Å²) >= 11 is 0. The van der Waals surface area contributed by atoms with Gasteiger partial charge in [0.05, 0.1) is 0 Å². The molecular weight excluding hydrogens is 315 g/mol. The van der Waals surface area contributed by atoms with E-state index in [1.54, 1.807) is 18.5 Å². The van der Waals surface area contributed by atoms with Crippen molar-refractivity contribution in [3.8, 4) is 11.4 Å². The molecule has 2 aromatic heterocycles. The molecule has 0 amide bonds. The maximum absolute atomic E-state index is 13.4. The number of benzene rings is 1. The van der Waals surface area contributed by atoms with E-state index in [0.717, 1.165) is 60.0 Å². The van der Waals surface area contributed by atoms with Crippen molar-refractivity contribution in [1.82, 2.24) is 15.0 Å². The number of halogens is 1. The summed E-state index contributed by atoms with van der Waals surface area (Å²) in [6.45, 7) is 3.66. The van der Waals surface area contributed by atoms with Crippen LogP contribution in [0.3, 0.4) is 0 Å². The van der Waals surface area contributed by atoms with Crippen LogP contribution in [0.15, 0.2) is 48.8 Å². The SMILES string of the molecule is CCc1cc(N2CCc3cc(F)ccc3C2)nc(-c2ccncc2)n1. The summed E-state index contributed by atoms with van der Waals surface area (Å²) in [5.41, 5.74) is 4.23. The first kappa shape index (κ1) is 15.7. The van der Waals surface area contributed by atoms with Gasteiger partial charge in [-0.1, -0.05) is 13.0 Å². The van der Waals surface area contributed by atoms with E-state index in [9.17, 15) is 4.39 Å². The molecule has 0 unspecified atom stereocenters. The summed E-state index contributed by atoms with van der Waals surface area (Å²) < 4.78 is 13.4. The molecule has 0 aliphatic carbocycles. The van der Waals surface area contributed by atoms with E-state index in [1.165, 1.54) is 6.07 Å². The Kier molecular flexibility index (Phi) is 4.14. The smallest absolute Gasteiger partial charge is 0.161 e. The number of pyridine rings is 1. The molecule has 4 nitrogen and oxygen atoms in total. The number of fused-ring (bicyclic) bond motifs is 1. The molecule has 0 atom stereocenters. The van der Waals surface area contributed by atoms with Crippen LogP contribution in [0.25, 0.3) is 11.4 Å². The van der Waals surface area contributed by atoms with Crippen LogP contribution in [0.5, 0.6) is 0 Å². The molecule has 4 rings (SSSR count). The van der Waals surface area contributed by atoms with E-state index in [1.807, 2.05) is 18.2 Å². The molecule has 5 heteroatoms. The van der Waals surface area contributed by atoms with Gasteiger partial charge in [-0.15, -0.1) is 0 Å². The molecule has 25 heavy (non-hydrogen) atoms. The molecule has 0 bridgehead atoms. The largest absolute Gasteiger partial charge is 0.352 e. The highest BCUT2D eigenvalue weighted by atomic mass is 19.1. The van der Waals surface area contributed by atoms with Crippen molar-refractivity contribution in [1.29, 1.82) is 0 Å². The number of aromatic nitrogens is 3. The Morgan fingerprint density at radius 3 is 2.68 bits per heavy atom. The number of nitrogens with zero attached hydrogens (tertiary/aromatic N) is 4. The van der Waals surface area contributed by atoms with E-state index in [-0.39, 0.29) is 5.82 Å². The quantitative estimate of drug-likeness (QED) is 0.730. The van der Waals surface area contributed by atoms with E-state index < -0.39 is 0 Å². The predicted molar refractivity (Wildman–Crippen MR) is 95.8 cm³/mol. The molecule has 1 aliphatic heterocycles. The second kappa shape index (κ2) is 6.59. The summed E-state index contributed by atoms with van der Waals surface area (Å²) in [6.07, 6.45) is 5.18. The minimum absolute atomic E-state index is 0.164. The Labute approximate surface area is 146 Å². The van der Waals surface area contributed by atoms with Crippen LogP contribution in [0, 0.1) is 5.82 Å². The maximum atomic E-state index is 13.4. The molecule has 0 N–H and O–H groups in total. The molecule has 0 saturated carbocycles. The summed E-state index contributed by atoms with van der Waals surface area (Å²) in [4.78, 5) is 15.7. The van der Waals surface area contributed by atoms with E-state index in [4.69, 9.17) is 4.98 Å². The van der Waals surface area contributed by atoms with Crippen molar-refractivity contribution >= 4 is 5.82 Å². The van der Waals surface area contributed by atoms with Crippen molar-refractivity contribution < 1.29 is 4.39 Å². The fourth-order valence-corrected chi connectivity index (χ4v) is 3.17. The zero-order valence-electron chi connectivity index (χ0n) is 14.1. The molecule has 0 spiro atoms. The van der Waals surface area contributed by atoms with Gasteiger partial charge < -0.3 is 4.90 Å². The topological polar surface area (TPSA) is 41.9 Å². The minimum Gasteiger partial charge on any atom is -0.352 e. The average molecular weight is 334 g/mol. The monoisotopic (exact) mass is 334 g/mol. The highest BCUT2D eigenvalue weighted by molar-refractivity contribution is 5.58. The number of anilines is 1. The Bertz CT molecular complexity index is 895. The fourth-order valence-electron chi connectivity index (χ4n) is 3.17. The van der Waals surface area contributed by atoms with Gasteiger partial charge in [0, 0.05) is 42.8 Å². The lowest BCUT2D eigenvalue weighted by Crippen LogP contribution is -2.31. The van der Waals surface area contributed by atoms with Crippen molar-refractivity contribution in [3.63, 3.8) is 0 Å². The lowest BCUT2D eigenvalue weighted by Gasteiger charge is -2.30. The van der Waals surface area contributed by atoms with Crippen molar-refractivity contribution in [2.24, 2.45) is 0 Å². The second-order valence-electron chi connectivity index (χ2n) is 6.22. The van der Waals surface area contributed by atoms with Crippen molar-refractivity contribution in [3.05, 3.63) is 71.4 Å². The zero-order valence-corrected chi connectivity index (χ0v) is 14.1. The molecule has 1 aliphatic rings. The fraction of sp³-hybridized carbons (Fsp3) is 0.250. The first-order chi connectivity index (χ1) is 12.2. The van der Waals surface area contributed by atoms with Gasteiger partial charge >= 0.3 is 0 Å². The number of aryl methyl sites for hydroxylation is 1. The van der Waals surface area contributed by atoms with Crippen molar-refractivity contribution in [2.75, 3.05) is 11.4 Å². The van der Waals surface area contributed by atoms with Crippen LogP contribution >= 0.6 is 0 Å². The third-order valence-corrected chi connectivity index (χ3v) is 4.57. The molecule has 0 saturated heterocycles. The van der Waals surface area contributed by atoms with Crippen molar-refractivity contribution in [2.45, 2.75) is 26.3 Å². The summed E-state index contributed by atoms with van der Waals surface area (Å²) in [7, 11) is 0. The van der Waals surface area contributed by atoms with E-state index >= 15 is 0 Å². The average Bonchev–Trinajstić information content (AvgIpc) is 2.68. The molecule has 3 heterocycles. The number of hydrogen-bond donors (Lipinski definition) is 0. The molecule has 3 aromatic rings. The second-order valence-corrected chi connectivity index (χ2v) is 6.22. The molecular formula is C20H19FN4. The third-order valence-electron chi connectivity index (χ3n) is 4.57. The zero-order chi connectivity index (χ0) is 17.2.